The van der Waals surface area contributed by atoms with E-state index in [2.05, 4.69) is 0 Å². The van der Waals surface area contributed by atoms with Crippen LogP contribution >= 0.6 is 0 Å². The zero-order chi connectivity index (χ0) is 8.15. The zero-order valence-corrected chi connectivity index (χ0v) is 7.49. The summed E-state index contributed by atoms with van der Waals surface area (Å²) in [7, 11) is 0. The van der Waals surface area contributed by atoms with Crippen LogP contribution in [0.25, 0.3) is 0 Å². The molecular weight excluding hydrogens is 219 g/mol. The van der Waals surface area contributed by atoms with Gasteiger partial charge >= 0.3 is 64.6 Å². The van der Waals surface area contributed by atoms with Crippen molar-refractivity contribution in [3.8, 4) is 0 Å². The molecule has 6 heteroatoms. The number of carboxylic acids is 2. The van der Waals surface area contributed by atoms with E-state index in [0.29, 0.717) is 0 Å². The molecule has 0 radical (unpaired) electrons. The number of hydrogen-bond donors (Lipinski definition) is 2. The minimum absolute atomic E-state index is 0.436. The Morgan fingerprint density at radius 3 is 1.60 bits per heavy atom. The third-order valence-corrected chi connectivity index (χ3v) is 4.12. The summed E-state index contributed by atoms with van der Waals surface area (Å²) in [6.45, 7) is 0. The van der Waals surface area contributed by atoms with Crippen LogP contribution in [0.4, 0.5) is 0 Å². The first-order valence-corrected chi connectivity index (χ1v) is 6.95. The average Bonchev–Trinajstić information content (AvgIpc) is 1.58. The van der Waals surface area contributed by atoms with Crippen molar-refractivity contribution in [1.82, 2.24) is 0 Å². The second-order valence-electron chi connectivity index (χ2n) is 1.68. The molecule has 5 nitrogen and oxygen atoms in total. The van der Waals surface area contributed by atoms with Crippen molar-refractivity contribution in [3.05, 3.63) is 0 Å². The SMILES string of the molecule is O=C(O)[CH2][Zr](=[O])[CH2]C(=O)O. The zero-order valence-electron chi connectivity index (χ0n) is 5.03. The molecule has 0 heterocycles. The molecule has 0 aromatic heterocycles. The predicted octanol–water partition coefficient (Wildman–Crippen LogP) is -0.0441. The molecule has 56 valence electrons. The monoisotopic (exact) mass is 224 g/mol. The van der Waals surface area contributed by atoms with Crippen molar-refractivity contribution in [1.29, 1.82) is 0 Å². The maximum absolute atomic E-state index is 10.6. The Kier molecular flexibility index (Phi) is 4.27. The average molecular weight is 225 g/mol. The number of rotatable bonds is 4. The van der Waals surface area contributed by atoms with Gasteiger partial charge in [0.25, 0.3) is 0 Å². The van der Waals surface area contributed by atoms with Crippen LogP contribution in [0.5, 0.6) is 0 Å². The molecule has 0 atom stereocenters. The van der Waals surface area contributed by atoms with Crippen LogP contribution in [-0.2, 0) is 34.2 Å². The fourth-order valence-electron chi connectivity index (χ4n) is 0.400. The summed E-state index contributed by atoms with van der Waals surface area (Å²) >= 11 is -3.28. The van der Waals surface area contributed by atoms with Crippen LogP contribution in [0.1, 0.15) is 0 Å². The molecule has 2 N–H and O–H groups in total. The van der Waals surface area contributed by atoms with E-state index in [1.807, 2.05) is 0 Å². The Balaban J connectivity index is 3.65. The van der Waals surface area contributed by atoms with Crippen LogP contribution in [-0.4, -0.2) is 22.2 Å². The van der Waals surface area contributed by atoms with Gasteiger partial charge in [-0.2, -0.15) is 0 Å². The number of aliphatic carboxylic acids is 2. The minimum atomic E-state index is -3.28. The molecule has 0 aromatic rings. The van der Waals surface area contributed by atoms with Gasteiger partial charge in [-0.3, -0.25) is 0 Å². The summed E-state index contributed by atoms with van der Waals surface area (Å²) in [5, 5.41) is 16.1. The molecule has 0 aromatic carbocycles. The van der Waals surface area contributed by atoms with E-state index in [0.717, 1.165) is 0 Å². The van der Waals surface area contributed by atoms with Gasteiger partial charge in [0.15, 0.2) is 0 Å². The molecular formula is C4H6O5Zr. The molecule has 0 aliphatic rings. The van der Waals surface area contributed by atoms with E-state index < -0.39 is 42.0 Å². The summed E-state index contributed by atoms with van der Waals surface area (Å²) in [6.07, 6.45) is 0. The normalized spacial score (nSPS) is 8.80. The summed E-state index contributed by atoms with van der Waals surface area (Å²) in [6, 6.07) is 0. The van der Waals surface area contributed by atoms with Crippen molar-refractivity contribution in [2.45, 2.75) is 8.26 Å². The second kappa shape index (κ2) is 4.44. The Morgan fingerprint density at radius 1 is 1.10 bits per heavy atom. The van der Waals surface area contributed by atoms with Crippen molar-refractivity contribution in [3.63, 3.8) is 0 Å². The third kappa shape index (κ3) is 5.75. The van der Waals surface area contributed by atoms with Crippen LogP contribution in [0, 0.1) is 0 Å². The molecule has 0 fully saturated rings. The Labute approximate surface area is 64.8 Å². The summed E-state index contributed by atoms with van der Waals surface area (Å²) in [5.41, 5.74) is 0. The first-order chi connectivity index (χ1) is 4.52. The molecule has 0 saturated carbocycles. The Morgan fingerprint density at radius 2 is 1.40 bits per heavy atom. The Bertz CT molecular complexity index is 156. The van der Waals surface area contributed by atoms with E-state index in [4.69, 9.17) is 10.2 Å². The van der Waals surface area contributed by atoms with Crippen molar-refractivity contribution < 1.29 is 44.4 Å². The molecule has 0 bridgehead atoms. The van der Waals surface area contributed by atoms with E-state index >= 15 is 0 Å². The van der Waals surface area contributed by atoms with Gasteiger partial charge in [-0.1, -0.05) is 0 Å². The Hall–Kier alpha value is -0.377. The van der Waals surface area contributed by atoms with Crippen LogP contribution in [0.15, 0.2) is 0 Å². The van der Waals surface area contributed by atoms with E-state index in [-0.39, 0.29) is 0 Å². The quantitative estimate of drug-likeness (QED) is 0.700. The van der Waals surface area contributed by atoms with Gasteiger partial charge in [0, 0.05) is 0 Å². The number of carbonyl (C=O) groups is 2. The summed E-state index contributed by atoms with van der Waals surface area (Å²) in [4.78, 5) is 19.7. The second-order valence-corrected chi connectivity index (χ2v) is 6.07. The van der Waals surface area contributed by atoms with Crippen molar-refractivity contribution in [2.24, 2.45) is 0 Å². The fraction of sp³-hybridized carbons (Fsp3) is 0.500. The van der Waals surface area contributed by atoms with E-state index in [1.165, 1.54) is 0 Å². The molecule has 0 aliphatic carbocycles. The van der Waals surface area contributed by atoms with Gasteiger partial charge in [-0.05, 0) is 0 Å². The fourth-order valence-corrected chi connectivity index (χ4v) is 2.37. The summed E-state index contributed by atoms with van der Waals surface area (Å²) in [5.74, 6) is -2.35. The van der Waals surface area contributed by atoms with E-state index in [9.17, 15) is 12.4 Å². The van der Waals surface area contributed by atoms with Crippen molar-refractivity contribution in [2.75, 3.05) is 0 Å². The molecule has 0 aliphatic heterocycles. The predicted molar refractivity (Wildman–Crippen MR) is 25.6 cm³/mol. The molecule has 0 saturated heterocycles. The van der Waals surface area contributed by atoms with Gasteiger partial charge < -0.3 is 0 Å². The van der Waals surface area contributed by atoms with Crippen LogP contribution < -0.4 is 0 Å². The molecule has 0 rings (SSSR count). The van der Waals surface area contributed by atoms with Gasteiger partial charge in [0.05, 0.1) is 0 Å². The molecule has 0 unspecified atom stereocenters. The van der Waals surface area contributed by atoms with Gasteiger partial charge in [0.2, 0.25) is 0 Å². The van der Waals surface area contributed by atoms with Crippen molar-refractivity contribution >= 4 is 11.9 Å². The topological polar surface area (TPSA) is 91.7 Å². The number of carboxylic acid groups (broad SMARTS) is 2. The standard InChI is InChI=1S/2C2H3O2.O.Zr/c2*1-2(3)4;;/h2*1H2,(H,3,4);;. The van der Waals surface area contributed by atoms with Gasteiger partial charge in [-0.25, -0.2) is 0 Å². The first kappa shape index (κ1) is 9.62. The molecule has 0 amide bonds. The van der Waals surface area contributed by atoms with Crippen LogP contribution in [0.3, 0.4) is 0 Å². The molecule has 0 spiro atoms. The molecule has 10 heavy (non-hydrogen) atoms. The number of hydrogen-bond acceptors (Lipinski definition) is 3. The maximum atomic E-state index is 10.6. The van der Waals surface area contributed by atoms with E-state index in [1.54, 1.807) is 0 Å². The van der Waals surface area contributed by atoms with Gasteiger partial charge in [0.1, 0.15) is 0 Å². The first-order valence-electron chi connectivity index (χ1n) is 2.47. The van der Waals surface area contributed by atoms with Crippen LogP contribution in [0.2, 0.25) is 8.26 Å². The van der Waals surface area contributed by atoms with Gasteiger partial charge in [-0.15, -0.1) is 0 Å². The summed E-state index contributed by atoms with van der Waals surface area (Å²) < 4.78 is 9.71. The third-order valence-electron chi connectivity index (χ3n) is 0.697.